The fraction of sp³-hybridized carbons (Fsp3) is 0.143. The Balaban J connectivity index is 1.55. The Morgan fingerprint density at radius 3 is 2.44 bits per heavy atom. The highest BCUT2D eigenvalue weighted by Gasteiger charge is 2.21. The van der Waals surface area contributed by atoms with Crippen LogP contribution in [0.1, 0.15) is 20.8 Å². The molecule has 0 saturated carbocycles. The highest BCUT2D eigenvalue weighted by Crippen LogP contribution is 2.39. The number of fused-ring (bicyclic) bond motifs is 3. The number of carbonyl (C=O) groups excluding carboxylic acids is 2. The topological polar surface area (TPSA) is 70.2 Å². The van der Waals surface area contributed by atoms with Crippen LogP contribution in [0.15, 0.2) is 54.6 Å². The van der Waals surface area contributed by atoms with E-state index in [1.807, 2.05) is 12.1 Å². The summed E-state index contributed by atoms with van der Waals surface area (Å²) in [6.45, 7) is 0. The van der Waals surface area contributed by atoms with Crippen LogP contribution in [0.25, 0.3) is 10.4 Å². The molecule has 3 amide bonds. The molecule has 3 aromatic rings. The van der Waals surface area contributed by atoms with Gasteiger partial charge in [-0.15, -0.1) is 11.3 Å². The maximum Gasteiger partial charge on any atom is 0.318 e. The first kappa shape index (κ1) is 17.3. The van der Waals surface area contributed by atoms with E-state index in [1.54, 1.807) is 31.3 Å². The van der Waals surface area contributed by atoms with Crippen LogP contribution in [0, 0.1) is 0 Å². The van der Waals surface area contributed by atoms with Crippen LogP contribution in [0.5, 0.6) is 0 Å². The summed E-state index contributed by atoms with van der Waals surface area (Å²) in [6, 6.07) is 17.2. The average molecular weight is 377 g/mol. The Bertz CT molecular complexity index is 1030. The maximum atomic E-state index is 12.7. The quantitative estimate of drug-likeness (QED) is 0.628. The molecular formula is C21H19N3O2S. The van der Waals surface area contributed by atoms with Crippen molar-refractivity contribution in [3.8, 4) is 10.4 Å². The second-order valence-electron chi connectivity index (χ2n) is 6.36. The van der Waals surface area contributed by atoms with Gasteiger partial charge >= 0.3 is 6.03 Å². The molecule has 1 aliphatic carbocycles. The summed E-state index contributed by atoms with van der Waals surface area (Å²) in [4.78, 5) is 26.1. The first-order valence-corrected chi connectivity index (χ1v) is 9.57. The third kappa shape index (κ3) is 3.57. The van der Waals surface area contributed by atoms with E-state index in [0.717, 1.165) is 12.8 Å². The number of aryl methyl sites for hydroxylation is 2. The molecule has 0 unspecified atom stereocenters. The fourth-order valence-corrected chi connectivity index (χ4v) is 4.41. The van der Waals surface area contributed by atoms with E-state index in [0.29, 0.717) is 16.3 Å². The summed E-state index contributed by atoms with van der Waals surface area (Å²) in [7, 11) is 1.55. The van der Waals surface area contributed by atoms with E-state index in [2.05, 4.69) is 34.1 Å². The SMILES string of the molecule is CNC(=O)Nc1cccc(NC(=O)c2cc3c(s2)-c2ccccc2CC3)c1. The van der Waals surface area contributed by atoms with Gasteiger partial charge in [0, 0.05) is 23.3 Å². The van der Waals surface area contributed by atoms with Crippen molar-refractivity contribution < 1.29 is 9.59 Å². The minimum absolute atomic E-state index is 0.135. The molecule has 0 atom stereocenters. The number of hydrogen-bond acceptors (Lipinski definition) is 3. The molecule has 3 N–H and O–H groups in total. The molecule has 6 heteroatoms. The van der Waals surface area contributed by atoms with E-state index < -0.39 is 0 Å². The van der Waals surface area contributed by atoms with Crippen molar-refractivity contribution in [1.82, 2.24) is 5.32 Å². The predicted molar refractivity (Wildman–Crippen MR) is 110 cm³/mol. The van der Waals surface area contributed by atoms with Crippen molar-refractivity contribution in [3.63, 3.8) is 0 Å². The number of benzene rings is 2. The Labute approximate surface area is 161 Å². The van der Waals surface area contributed by atoms with E-state index in [-0.39, 0.29) is 11.9 Å². The second-order valence-corrected chi connectivity index (χ2v) is 7.41. The number of urea groups is 1. The molecule has 0 aliphatic heterocycles. The van der Waals surface area contributed by atoms with Gasteiger partial charge in [-0.1, -0.05) is 30.3 Å². The third-order valence-corrected chi connectivity index (χ3v) is 5.77. The zero-order valence-electron chi connectivity index (χ0n) is 14.8. The molecule has 0 saturated heterocycles. The van der Waals surface area contributed by atoms with Crippen molar-refractivity contribution in [1.29, 1.82) is 0 Å². The van der Waals surface area contributed by atoms with Crippen LogP contribution >= 0.6 is 11.3 Å². The lowest BCUT2D eigenvalue weighted by Crippen LogP contribution is -2.24. The highest BCUT2D eigenvalue weighted by molar-refractivity contribution is 7.17. The van der Waals surface area contributed by atoms with Gasteiger partial charge in [-0.3, -0.25) is 4.79 Å². The van der Waals surface area contributed by atoms with Crippen molar-refractivity contribution in [2.24, 2.45) is 0 Å². The van der Waals surface area contributed by atoms with Crippen molar-refractivity contribution in [2.75, 3.05) is 17.7 Å². The third-order valence-electron chi connectivity index (χ3n) is 4.56. The summed E-state index contributed by atoms with van der Waals surface area (Å²) < 4.78 is 0. The second kappa shape index (κ2) is 7.25. The highest BCUT2D eigenvalue weighted by atomic mass is 32.1. The minimum atomic E-state index is -0.303. The molecule has 4 rings (SSSR count). The summed E-state index contributed by atoms with van der Waals surface area (Å²) in [5, 5.41) is 8.12. The molecule has 0 radical (unpaired) electrons. The largest absolute Gasteiger partial charge is 0.341 e. The van der Waals surface area contributed by atoms with Crippen molar-refractivity contribution in [2.45, 2.75) is 12.8 Å². The molecule has 5 nitrogen and oxygen atoms in total. The predicted octanol–water partition coefficient (Wildman–Crippen LogP) is 4.52. The lowest BCUT2D eigenvalue weighted by molar-refractivity contribution is 0.103. The monoisotopic (exact) mass is 377 g/mol. The summed E-state index contributed by atoms with van der Waals surface area (Å²) >= 11 is 1.53. The van der Waals surface area contributed by atoms with Gasteiger partial charge in [-0.05, 0) is 53.8 Å². The smallest absolute Gasteiger partial charge is 0.318 e. The number of thiophene rings is 1. The number of carbonyl (C=O) groups is 2. The number of nitrogens with one attached hydrogen (secondary N) is 3. The first-order chi connectivity index (χ1) is 13.1. The maximum absolute atomic E-state index is 12.7. The number of amides is 3. The molecule has 1 aromatic heterocycles. The van der Waals surface area contributed by atoms with E-state index >= 15 is 0 Å². The standard InChI is InChI=1S/C21H19N3O2S/c1-22-21(26)24-16-7-4-6-15(12-16)23-20(25)18-11-14-10-9-13-5-2-3-8-17(13)19(14)27-18/h2-8,11-12H,9-10H2,1H3,(H,23,25)(H2,22,24,26). The zero-order chi connectivity index (χ0) is 18.8. The molecule has 1 heterocycles. The van der Waals surface area contributed by atoms with E-state index in [1.165, 1.54) is 32.9 Å². The lowest BCUT2D eigenvalue weighted by Gasteiger charge is -2.15. The Hall–Kier alpha value is -3.12. The van der Waals surface area contributed by atoms with Gasteiger partial charge in [0.15, 0.2) is 0 Å². The van der Waals surface area contributed by atoms with Crippen LogP contribution < -0.4 is 16.0 Å². The molecule has 0 fully saturated rings. The Kier molecular flexibility index (Phi) is 4.64. The molecule has 136 valence electrons. The molecule has 0 spiro atoms. The molecule has 2 aromatic carbocycles. The minimum Gasteiger partial charge on any atom is -0.341 e. The van der Waals surface area contributed by atoms with Crippen LogP contribution in [0.3, 0.4) is 0 Å². The molecular weight excluding hydrogens is 358 g/mol. The van der Waals surface area contributed by atoms with E-state index in [9.17, 15) is 9.59 Å². The first-order valence-electron chi connectivity index (χ1n) is 8.75. The van der Waals surface area contributed by atoms with Gasteiger partial charge in [0.25, 0.3) is 5.91 Å². The number of anilines is 2. The van der Waals surface area contributed by atoms with Crippen LogP contribution in [0.4, 0.5) is 16.2 Å². The van der Waals surface area contributed by atoms with Gasteiger partial charge < -0.3 is 16.0 Å². The van der Waals surface area contributed by atoms with Crippen LogP contribution in [0.2, 0.25) is 0 Å². The average Bonchev–Trinajstić information content (AvgIpc) is 3.13. The fourth-order valence-electron chi connectivity index (χ4n) is 3.24. The van der Waals surface area contributed by atoms with Gasteiger partial charge in [0.05, 0.1) is 4.88 Å². The summed E-state index contributed by atoms with van der Waals surface area (Å²) in [6.07, 6.45) is 1.97. The van der Waals surface area contributed by atoms with Gasteiger partial charge in [-0.25, -0.2) is 4.79 Å². The van der Waals surface area contributed by atoms with E-state index in [4.69, 9.17) is 0 Å². The normalized spacial score (nSPS) is 11.9. The van der Waals surface area contributed by atoms with Gasteiger partial charge in [0.2, 0.25) is 0 Å². The van der Waals surface area contributed by atoms with Crippen LogP contribution in [-0.4, -0.2) is 19.0 Å². The molecule has 0 bridgehead atoms. The van der Waals surface area contributed by atoms with Crippen molar-refractivity contribution in [3.05, 3.63) is 70.6 Å². The van der Waals surface area contributed by atoms with Crippen molar-refractivity contribution >= 4 is 34.6 Å². The summed E-state index contributed by atoms with van der Waals surface area (Å²) in [5.41, 5.74) is 5.07. The van der Waals surface area contributed by atoms with Crippen LogP contribution in [-0.2, 0) is 12.8 Å². The zero-order valence-corrected chi connectivity index (χ0v) is 15.7. The number of hydrogen-bond donors (Lipinski definition) is 3. The van der Waals surface area contributed by atoms with Gasteiger partial charge in [0.1, 0.15) is 0 Å². The van der Waals surface area contributed by atoms with Gasteiger partial charge in [-0.2, -0.15) is 0 Å². The molecule has 27 heavy (non-hydrogen) atoms. The molecule has 1 aliphatic rings. The summed E-state index contributed by atoms with van der Waals surface area (Å²) in [5.74, 6) is -0.135. The lowest BCUT2D eigenvalue weighted by atomic mass is 9.91. The number of rotatable bonds is 3. The Morgan fingerprint density at radius 2 is 1.63 bits per heavy atom. The Morgan fingerprint density at radius 1 is 0.889 bits per heavy atom.